The minimum atomic E-state index is -0.00516. The number of para-hydroxylation sites is 1. The van der Waals surface area contributed by atoms with Crippen LogP contribution < -0.4 is 10.2 Å². The number of benzene rings is 1. The van der Waals surface area contributed by atoms with Crippen LogP contribution >= 0.6 is 0 Å². The first-order valence-electron chi connectivity index (χ1n) is 10.4. The lowest BCUT2D eigenvalue weighted by atomic mass is 10.1. The summed E-state index contributed by atoms with van der Waals surface area (Å²) in [6, 6.07) is 10.4. The number of urea groups is 1. The molecule has 1 aliphatic carbocycles. The van der Waals surface area contributed by atoms with E-state index in [0.29, 0.717) is 24.7 Å². The van der Waals surface area contributed by atoms with Crippen LogP contribution in [0.5, 0.6) is 0 Å². The Hall–Kier alpha value is -2.57. The van der Waals surface area contributed by atoms with Crippen molar-refractivity contribution in [1.82, 2.24) is 20.4 Å². The molecule has 2 aromatic rings. The van der Waals surface area contributed by atoms with Crippen LogP contribution in [0.4, 0.5) is 10.5 Å². The van der Waals surface area contributed by atoms with Crippen LogP contribution in [0.15, 0.2) is 34.9 Å². The number of nitrogens with zero attached hydrogens (tertiary/aromatic N) is 4. The maximum Gasteiger partial charge on any atom is 0.317 e. The van der Waals surface area contributed by atoms with E-state index in [0.717, 1.165) is 51.3 Å². The van der Waals surface area contributed by atoms with Crippen LogP contribution in [0.1, 0.15) is 49.7 Å². The first-order valence-corrected chi connectivity index (χ1v) is 10.4. The Bertz CT molecular complexity index is 757. The highest BCUT2D eigenvalue weighted by molar-refractivity contribution is 5.74. The second kappa shape index (κ2) is 9.08. The monoisotopic (exact) mass is 383 g/mol. The van der Waals surface area contributed by atoms with Gasteiger partial charge in [-0.05, 0) is 31.4 Å². The van der Waals surface area contributed by atoms with Crippen LogP contribution in [-0.2, 0) is 6.42 Å². The summed E-state index contributed by atoms with van der Waals surface area (Å²) >= 11 is 0. The summed E-state index contributed by atoms with van der Waals surface area (Å²) in [5.74, 6) is 1.89. The summed E-state index contributed by atoms with van der Waals surface area (Å²) in [5, 5.41) is 7.08. The third kappa shape index (κ3) is 4.64. The van der Waals surface area contributed by atoms with Gasteiger partial charge in [-0.3, -0.25) is 0 Å². The molecule has 2 fully saturated rings. The highest BCUT2D eigenvalue weighted by Crippen LogP contribution is 2.32. The van der Waals surface area contributed by atoms with Gasteiger partial charge in [0.15, 0.2) is 5.82 Å². The van der Waals surface area contributed by atoms with E-state index in [1.165, 1.54) is 18.5 Å². The Morgan fingerprint density at radius 3 is 2.71 bits per heavy atom. The van der Waals surface area contributed by atoms with Crippen molar-refractivity contribution in [3.8, 4) is 0 Å². The molecule has 2 aliphatic rings. The molecule has 7 nitrogen and oxygen atoms in total. The van der Waals surface area contributed by atoms with E-state index in [4.69, 9.17) is 4.52 Å². The van der Waals surface area contributed by atoms with Gasteiger partial charge in [-0.15, -0.1) is 0 Å². The number of anilines is 1. The fraction of sp³-hybridized carbons (Fsp3) is 0.571. The number of hydrogen-bond acceptors (Lipinski definition) is 5. The molecule has 0 bridgehead atoms. The van der Waals surface area contributed by atoms with Crippen LogP contribution in [0.25, 0.3) is 0 Å². The van der Waals surface area contributed by atoms with Crippen molar-refractivity contribution in [3.05, 3.63) is 42.0 Å². The average molecular weight is 383 g/mol. The van der Waals surface area contributed by atoms with Crippen LogP contribution in [0.3, 0.4) is 0 Å². The molecule has 1 aromatic heterocycles. The lowest BCUT2D eigenvalue weighted by molar-refractivity contribution is 0.201. The van der Waals surface area contributed by atoms with Gasteiger partial charge in [0.25, 0.3) is 0 Å². The molecule has 1 saturated carbocycles. The van der Waals surface area contributed by atoms with E-state index < -0.39 is 0 Å². The molecule has 2 heterocycles. The molecule has 7 heteroatoms. The lowest BCUT2D eigenvalue weighted by Crippen LogP contribution is -2.42. The molecule has 2 amide bonds. The second-order valence-corrected chi connectivity index (χ2v) is 7.68. The third-order valence-electron chi connectivity index (χ3n) is 5.72. The van der Waals surface area contributed by atoms with E-state index in [1.807, 2.05) is 11.0 Å². The zero-order valence-corrected chi connectivity index (χ0v) is 16.3. The molecule has 1 N–H and O–H groups in total. The third-order valence-corrected chi connectivity index (χ3v) is 5.72. The molecule has 0 radical (unpaired) electrons. The summed E-state index contributed by atoms with van der Waals surface area (Å²) in [4.78, 5) is 21.3. The quantitative estimate of drug-likeness (QED) is 0.858. The fourth-order valence-electron chi connectivity index (χ4n) is 4.12. The molecule has 1 saturated heterocycles. The van der Waals surface area contributed by atoms with Crippen molar-refractivity contribution >= 4 is 11.7 Å². The maximum atomic E-state index is 12.5. The van der Waals surface area contributed by atoms with Gasteiger partial charge in [0.05, 0.1) is 0 Å². The SMILES string of the molecule is O=C(NCCc1noc(C2CCCC2)n1)N1CCCN(c2ccccc2)CC1. The van der Waals surface area contributed by atoms with Gasteiger partial charge >= 0.3 is 6.03 Å². The van der Waals surface area contributed by atoms with Gasteiger partial charge in [0.1, 0.15) is 0 Å². The molecule has 28 heavy (non-hydrogen) atoms. The number of hydrogen-bond donors (Lipinski definition) is 1. The van der Waals surface area contributed by atoms with Crippen LogP contribution in [0.2, 0.25) is 0 Å². The van der Waals surface area contributed by atoms with Gasteiger partial charge in [0, 0.05) is 50.7 Å². The van der Waals surface area contributed by atoms with Gasteiger partial charge < -0.3 is 19.6 Å². The zero-order chi connectivity index (χ0) is 19.2. The van der Waals surface area contributed by atoms with Crippen molar-refractivity contribution in [3.63, 3.8) is 0 Å². The Morgan fingerprint density at radius 2 is 1.89 bits per heavy atom. The number of nitrogens with one attached hydrogen (secondary N) is 1. The van der Waals surface area contributed by atoms with Crippen LogP contribution in [-0.4, -0.2) is 53.8 Å². The number of rotatable bonds is 5. The number of aromatic nitrogens is 2. The van der Waals surface area contributed by atoms with Crippen molar-refractivity contribution in [2.24, 2.45) is 0 Å². The minimum Gasteiger partial charge on any atom is -0.370 e. The van der Waals surface area contributed by atoms with Gasteiger partial charge in [-0.2, -0.15) is 4.98 Å². The Morgan fingerprint density at radius 1 is 1.07 bits per heavy atom. The highest BCUT2D eigenvalue weighted by Gasteiger charge is 2.23. The fourth-order valence-corrected chi connectivity index (χ4v) is 4.12. The molecule has 0 atom stereocenters. The van der Waals surface area contributed by atoms with Gasteiger partial charge in [0.2, 0.25) is 5.89 Å². The number of carbonyl (C=O) groups excluding carboxylic acids is 1. The predicted octanol–water partition coefficient (Wildman–Crippen LogP) is 3.19. The number of amides is 2. The molecule has 1 aromatic carbocycles. The summed E-state index contributed by atoms with van der Waals surface area (Å²) in [6.45, 7) is 3.87. The lowest BCUT2D eigenvalue weighted by Gasteiger charge is -2.23. The minimum absolute atomic E-state index is 0.00516. The normalized spacial score (nSPS) is 18.3. The van der Waals surface area contributed by atoms with Crippen molar-refractivity contribution in [2.75, 3.05) is 37.6 Å². The molecule has 1 aliphatic heterocycles. The topological polar surface area (TPSA) is 74.5 Å². The molecular weight excluding hydrogens is 354 g/mol. The standard InChI is InChI=1S/C21H29N5O2/c27-21(22-12-11-19-23-20(28-24-19)17-7-4-5-8-17)26-14-6-13-25(15-16-26)18-9-2-1-3-10-18/h1-3,9-10,17H,4-8,11-16H2,(H,22,27). The molecule has 0 unspecified atom stereocenters. The molecular formula is C21H29N5O2. The summed E-state index contributed by atoms with van der Waals surface area (Å²) in [7, 11) is 0. The number of carbonyl (C=O) groups is 1. The van der Waals surface area contributed by atoms with E-state index in [9.17, 15) is 4.79 Å². The highest BCUT2D eigenvalue weighted by atomic mass is 16.5. The van der Waals surface area contributed by atoms with Gasteiger partial charge in [-0.25, -0.2) is 4.79 Å². The first-order chi connectivity index (χ1) is 13.8. The zero-order valence-electron chi connectivity index (χ0n) is 16.3. The maximum absolute atomic E-state index is 12.5. The first kappa shape index (κ1) is 18.8. The van der Waals surface area contributed by atoms with E-state index in [1.54, 1.807) is 0 Å². The van der Waals surface area contributed by atoms with Gasteiger partial charge in [-0.1, -0.05) is 36.2 Å². The largest absolute Gasteiger partial charge is 0.370 e. The summed E-state index contributed by atoms with van der Waals surface area (Å²) < 4.78 is 5.40. The van der Waals surface area contributed by atoms with Crippen LogP contribution in [0, 0.1) is 0 Å². The van der Waals surface area contributed by atoms with E-state index in [2.05, 4.69) is 44.6 Å². The van der Waals surface area contributed by atoms with E-state index in [-0.39, 0.29) is 6.03 Å². The van der Waals surface area contributed by atoms with E-state index >= 15 is 0 Å². The Labute approximate surface area is 166 Å². The van der Waals surface area contributed by atoms with Crippen molar-refractivity contribution in [1.29, 1.82) is 0 Å². The molecule has 150 valence electrons. The molecule has 0 spiro atoms. The summed E-state index contributed by atoms with van der Waals surface area (Å²) in [6.07, 6.45) is 6.36. The van der Waals surface area contributed by atoms with Crippen molar-refractivity contribution in [2.45, 2.75) is 44.4 Å². The second-order valence-electron chi connectivity index (χ2n) is 7.68. The summed E-state index contributed by atoms with van der Waals surface area (Å²) in [5.41, 5.74) is 1.22. The smallest absolute Gasteiger partial charge is 0.317 e. The van der Waals surface area contributed by atoms with Crippen molar-refractivity contribution < 1.29 is 9.32 Å². The Kier molecular flexibility index (Phi) is 6.09. The average Bonchev–Trinajstić information content (AvgIpc) is 3.36. The molecule has 4 rings (SSSR count). The predicted molar refractivity (Wildman–Crippen MR) is 107 cm³/mol. The Balaban J connectivity index is 1.22.